The van der Waals surface area contributed by atoms with Gasteiger partial charge in [-0.2, -0.15) is 18.2 Å². The van der Waals surface area contributed by atoms with E-state index in [9.17, 15) is 18.0 Å². The molecular formula is C21H28F3N5O2. The first-order valence-electron chi connectivity index (χ1n) is 11.5. The second-order valence-electron chi connectivity index (χ2n) is 10.3. The van der Waals surface area contributed by atoms with Gasteiger partial charge in [0.2, 0.25) is 5.91 Å². The Morgan fingerprint density at radius 2 is 1.94 bits per heavy atom. The fourth-order valence-electron chi connectivity index (χ4n) is 6.72. The predicted molar refractivity (Wildman–Crippen MR) is 104 cm³/mol. The minimum Gasteiger partial charge on any atom is -0.342 e. The van der Waals surface area contributed by atoms with Gasteiger partial charge >= 0.3 is 12.2 Å². The molecule has 4 heterocycles. The molecule has 4 unspecified atom stereocenters. The van der Waals surface area contributed by atoms with Gasteiger partial charge in [0.1, 0.15) is 5.54 Å². The molecule has 0 radical (unpaired) electrons. The number of piperidine rings is 3. The first-order chi connectivity index (χ1) is 14.8. The first-order valence-corrected chi connectivity index (χ1v) is 11.5. The van der Waals surface area contributed by atoms with Crippen molar-refractivity contribution in [3.8, 4) is 0 Å². The molecule has 0 spiro atoms. The van der Waals surface area contributed by atoms with Crippen molar-refractivity contribution < 1.29 is 22.5 Å². The largest absolute Gasteiger partial charge is 0.411 e. The van der Waals surface area contributed by atoms with E-state index in [1.165, 1.54) is 6.42 Å². The van der Waals surface area contributed by atoms with Gasteiger partial charge in [-0.25, -0.2) is 0 Å². The third-order valence-electron chi connectivity index (χ3n) is 8.67. The summed E-state index contributed by atoms with van der Waals surface area (Å²) in [5, 5.41) is 6.31. The number of rotatable bonds is 4. The van der Waals surface area contributed by atoms with Crippen molar-refractivity contribution in [3.05, 3.63) is 5.82 Å². The summed E-state index contributed by atoms with van der Waals surface area (Å²) in [5.74, 6) is 0.960. The Morgan fingerprint density at radius 3 is 2.45 bits per heavy atom. The van der Waals surface area contributed by atoms with Crippen LogP contribution in [0.4, 0.5) is 19.2 Å². The fraction of sp³-hybridized carbons (Fsp3) is 0.857. The van der Waals surface area contributed by atoms with E-state index in [-0.39, 0.29) is 36.5 Å². The van der Waals surface area contributed by atoms with Crippen molar-refractivity contribution in [1.82, 2.24) is 20.4 Å². The summed E-state index contributed by atoms with van der Waals surface area (Å²) >= 11 is 0. The monoisotopic (exact) mass is 439 g/mol. The Bertz CT molecular complexity index is 873. The number of anilines is 1. The Morgan fingerprint density at radius 1 is 1.19 bits per heavy atom. The molecule has 7 nitrogen and oxygen atoms in total. The van der Waals surface area contributed by atoms with Crippen molar-refractivity contribution >= 4 is 11.9 Å². The van der Waals surface area contributed by atoms with Gasteiger partial charge in [-0.1, -0.05) is 5.16 Å². The average molecular weight is 439 g/mol. The zero-order valence-electron chi connectivity index (χ0n) is 17.6. The SMILES string of the molecule is Cc1noc(N2CC3CCC2CC3N2C[C@@H]3C(C(=O)NC4(C(F)(F)F)CCC4)[C@@H]3C2)n1. The molecule has 3 saturated carbocycles. The summed E-state index contributed by atoms with van der Waals surface area (Å²) in [7, 11) is 0. The molecule has 3 saturated heterocycles. The molecule has 3 aliphatic carbocycles. The molecule has 6 fully saturated rings. The normalized spacial score (nSPS) is 38.6. The number of nitrogens with zero attached hydrogens (tertiary/aromatic N) is 4. The highest BCUT2D eigenvalue weighted by molar-refractivity contribution is 5.83. The van der Waals surface area contributed by atoms with Crippen LogP contribution < -0.4 is 10.2 Å². The second-order valence-corrected chi connectivity index (χ2v) is 10.3. The second kappa shape index (κ2) is 6.59. The number of fused-ring (bicyclic) bond motifs is 4. The van der Waals surface area contributed by atoms with Crippen LogP contribution >= 0.6 is 0 Å². The molecule has 3 aliphatic heterocycles. The lowest BCUT2D eigenvalue weighted by Gasteiger charge is -2.51. The van der Waals surface area contributed by atoms with Gasteiger partial charge in [0, 0.05) is 37.6 Å². The number of carbonyl (C=O) groups excluding carboxylic acids is 1. The molecule has 1 aromatic heterocycles. The first kappa shape index (κ1) is 19.8. The highest BCUT2D eigenvalue weighted by atomic mass is 19.4. The van der Waals surface area contributed by atoms with Crippen LogP contribution in [0.25, 0.3) is 0 Å². The van der Waals surface area contributed by atoms with Crippen LogP contribution in [0.1, 0.15) is 44.3 Å². The van der Waals surface area contributed by atoms with Crippen LogP contribution in [0.2, 0.25) is 0 Å². The maximum Gasteiger partial charge on any atom is 0.411 e. The summed E-state index contributed by atoms with van der Waals surface area (Å²) in [4.78, 5) is 21.8. The standard InChI is InChI=1S/C21H28F3N5O2/c1-11-25-19(31-27-11)29-8-12-3-4-13(29)7-16(12)28-9-14-15(10-28)17(14)18(30)26-20(5-2-6-20)21(22,23)24/h12-17H,2-10H2,1H3,(H,26,30)/t12?,13?,14-,15+,16?,17?. The Kier molecular flexibility index (Phi) is 4.21. The maximum atomic E-state index is 13.4. The third-order valence-corrected chi connectivity index (χ3v) is 8.67. The molecule has 6 aliphatic rings. The number of alkyl halides is 3. The van der Waals surface area contributed by atoms with E-state index >= 15 is 0 Å². The lowest BCUT2D eigenvalue weighted by atomic mass is 9.75. The molecule has 0 aromatic carbocycles. The van der Waals surface area contributed by atoms with Gasteiger partial charge in [0.05, 0.1) is 0 Å². The third kappa shape index (κ3) is 3.00. The summed E-state index contributed by atoms with van der Waals surface area (Å²) in [5.41, 5.74) is -1.97. The van der Waals surface area contributed by atoms with Gasteiger partial charge in [0.25, 0.3) is 0 Å². The lowest BCUT2D eigenvalue weighted by Crippen LogP contribution is -2.63. The Labute approximate surface area is 178 Å². The van der Waals surface area contributed by atoms with E-state index in [2.05, 4.69) is 25.3 Å². The van der Waals surface area contributed by atoms with Crippen molar-refractivity contribution in [2.75, 3.05) is 24.5 Å². The van der Waals surface area contributed by atoms with Gasteiger partial charge in [-0.05, 0) is 63.2 Å². The smallest absolute Gasteiger partial charge is 0.342 e. The maximum absolute atomic E-state index is 13.4. The van der Waals surface area contributed by atoms with Gasteiger partial charge < -0.3 is 14.7 Å². The molecule has 1 amide bonds. The van der Waals surface area contributed by atoms with E-state index in [4.69, 9.17) is 4.52 Å². The summed E-state index contributed by atoms with van der Waals surface area (Å²) < 4.78 is 45.6. The molecule has 6 atom stereocenters. The number of hydrogen-bond donors (Lipinski definition) is 1. The minimum absolute atomic E-state index is 0.0115. The zero-order chi connectivity index (χ0) is 21.5. The summed E-state index contributed by atoms with van der Waals surface area (Å²) in [6.45, 7) is 4.38. The van der Waals surface area contributed by atoms with Crippen LogP contribution in [0.5, 0.6) is 0 Å². The fourth-order valence-corrected chi connectivity index (χ4v) is 6.72. The molecule has 1 aromatic rings. The van der Waals surface area contributed by atoms with E-state index in [0.29, 0.717) is 36.3 Å². The van der Waals surface area contributed by atoms with Crippen LogP contribution in [0.15, 0.2) is 4.52 Å². The number of hydrogen-bond acceptors (Lipinski definition) is 6. The van der Waals surface area contributed by atoms with E-state index in [1.807, 2.05) is 6.92 Å². The predicted octanol–water partition coefficient (Wildman–Crippen LogP) is 2.51. The Balaban J connectivity index is 1.06. The van der Waals surface area contributed by atoms with Gasteiger partial charge in [0.15, 0.2) is 5.82 Å². The van der Waals surface area contributed by atoms with Crippen LogP contribution in [-0.4, -0.2) is 64.4 Å². The highest BCUT2D eigenvalue weighted by Crippen LogP contribution is 2.55. The van der Waals surface area contributed by atoms with E-state index in [0.717, 1.165) is 32.5 Å². The number of nitrogens with one attached hydrogen (secondary N) is 1. The average Bonchev–Trinajstić information content (AvgIpc) is 3.02. The molecule has 2 bridgehead atoms. The van der Waals surface area contributed by atoms with Gasteiger partial charge in [-0.15, -0.1) is 0 Å². The number of carbonyl (C=O) groups is 1. The van der Waals surface area contributed by atoms with Crippen molar-refractivity contribution in [2.24, 2.45) is 23.7 Å². The van der Waals surface area contributed by atoms with Crippen LogP contribution in [0, 0.1) is 30.6 Å². The molecule has 31 heavy (non-hydrogen) atoms. The van der Waals surface area contributed by atoms with Crippen molar-refractivity contribution in [1.29, 1.82) is 0 Å². The number of amides is 1. The van der Waals surface area contributed by atoms with E-state index in [1.54, 1.807) is 0 Å². The molecule has 1 N–H and O–H groups in total. The van der Waals surface area contributed by atoms with E-state index < -0.39 is 11.7 Å². The quantitative estimate of drug-likeness (QED) is 0.777. The number of likely N-dealkylation sites (tertiary alicyclic amines) is 1. The van der Waals surface area contributed by atoms with Crippen molar-refractivity contribution in [3.63, 3.8) is 0 Å². The lowest BCUT2D eigenvalue weighted by molar-refractivity contribution is -0.219. The molecule has 10 heteroatoms. The minimum atomic E-state index is -4.36. The molecule has 7 rings (SSSR count). The highest BCUT2D eigenvalue weighted by Gasteiger charge is 2.65. The Hall–Kier alpha value is -1.84. The number of aryl methyl sites for hydroxylation is 1. The van der Waals surface area contributed by atoms with Crippen LogP contribution in [0.3, 0.4) is 0 Å². The van der Waals surface area contributed by atoms with Gasteiger partial charge in [-0.3, -0.25) is 9.69 Å². The summed E-state index contributed by atoms with van der Waals surface area (Å²) in [6, 6.07) is 1.47. The zero-order valence-corrected chi connectivity index (χ0v) is 17.6. The number of halogens is 3. The molecule has 170 valence electrons. The number of aromatic nitrogens is 2. The summed E-state index contributed by atoms with van der Waals surface area (Å²) in [6.07, 6.45) is -0.484. The van der Waals surface area contributed by atoms with Crippen molar-refractivity contribution in [2.45, 2.75) is 69.2 Å². The van der Waals surface area contributed by atoms with Crippen LogP contribution in [-0.2, 0) is 4.79 Å². The topological polar surface area (TPSA) is 74.5 Å². The molecular weight excluding hydrogens is 411 g/mol.